The summed E-state index contributed by atoms with van der Waals surface area (Å²) in [6.45, 7) is 1.06. The lowest BCUT2D eigenvalue weighted by Gasteiger charge is -2.09. The minimum absolute atomic E-state index is 0.00409. The average molecular weight is 561 g/mol. The van der Waals surface area contributed by atoms with Crippen LogP contribution in [0.3, 0.4) is 0 Å². The highest BCUT2D eigenvalue weighted by Crippen LogP contribution is 2.23. The van der Waals surface area contributed by atoms with E-state index >= 15 is 0 Å². The van der Waals surface area contributed by atoms with E-state index in [1.807, 2.05) is 0 Å². The number of hydrogen-bond donors (Lipinski definition) is 6. The van der Waals surface area contributed by atoms with E-state index in [4.69, 9.17) is 10.2 Å². The molecule has 0 aromatic heterocycles. The van der Waals surface area contributed by atoms with Crippen LogP contribution in [0.15, 0.2) is 76.0 Å². The van der Waals surface area contributed by atoms with Gasteiger partial charge in [-0.25, -0.2) is 19.2 Å². The molecule has 0 unspecified atom stereocenters. The number of carboxylic acids is 4. The number of Topliss-reactive ketones (excluding diaryl/α,β-unsaturated/α-hetero) is 1. The Kier molecular flexibility index (Phi) is 8.96. The molecule has 0 heterocycles. The number of amides is 1. The van der Waals surface area contributed by atoms with E-state index in [0.717, 1.165) is 43.3 Å². The summed E-state index contributed by atoms with van der Waals surface area (Å²) < 4.78 is 0. The van der Waals surface area contributed by atoms with Gasteiger partial charge in [-0.05, 0) is 60.7 Å². The van der Waals surface area contributed by atoms with E-state index in [9.17, 15) is 39.0 Å². The Balaban J connectivity index is 1.76. The van der Waals surface area contributed by atoms with Crippen molar-refractivity contribution < 1.29 is 49.2 Å². The second-order valence-electron chi connectivity index (χ2n) is 8.12. The summed E-state index contributed by atoms with van der Waals surface area (Å²) in [6, 6.07) is 12.1. The molecule has 0 spiro atoms. The number of hydrazone groups is 1. The number of nitrogens with one attached hydrogen (secondary N) is 2. The maximum atomic E-state index is 12.6. The van der Waals surface area contributed by atoms with Crippen LogP contribution in [0.5, 0.6) is 0 Å². The van der Waals surface area contributed by atoms with Crippen molar-refractivity contribution in [2.45, 2.75) is 6.92 Å². The Hall–Kier alpha value is -6.25. The number of azo groups is 1. The first-order valence-corrected chi connectivity index (χ1v) is 11.2. The van der Waals surface area contributed by atoms with Gasteiger partial charge in [0.2, 0.25) is 0 Å². The Bertz CT molecular complexity index is 1580. The molecule has 0 atom stereocenters. The van der Waals surface area contributed by atoms with Gasteiger partial charge in [0.25, 0.3) is 5.91 Å². The number of carboxylic acid groups (broad SMARTS) is 4. The molecular formula is C26H19N5O10. The molecule has 41 heavy (non-hydrogen) atoms. The fourth-order valence-corrected chi connectivity index (χ4v) is 3.18. The molecule has 3 rings (SSSR count). The third-order valence-corrected chi connectivity index (χ3v) is 5.09. The number of nitrogens with zero attached hydrogens (tertiary/aromatic N) is 3. The van der Waals surface area contributed by atoms with Crippen molar-refractivity contribution in [2.24, 2.45) is 15.3 Å². The molecule has 3 aromatic carbocycles. The van der Waals surface area contributed by atoms with Gasteiger partial charge in [-0.2, -0.15) is 15.3 Å². The quantitative estimate of drug-likeness (QED) is 0.0848. The summed E-state index contributed by atoms with van der Waals surface area (Å²) in [5.41, 5.74) is 0.968. The van der Waals surface area contributed by atoms with Gasteiger partial charge >= 0.3 is 23.9 Å². The third-order valence-electron chi connectivity index (χ3n) is 5.09. The van der Waals surface area contributed by atoms with Gasteiger partial charge < -0.3 is 25.7 Å². The first-order chi connectivity index (χ1) is 19.3. The van der Waals surface area contributed by atoms with Crippen molar-refractivity contribution in [1.29, 1.82) is 0 Å². The highest BCUT2D eigenvalue weighted by molar-refractivity contribution is 6.67. The maximum Gasteiger partial charge on any atom is 0.335 e. The second-order valence-corrected chi connectivity index (χ2v) is 8.12. The Morgan fingerprint density at radius 3 is 1.46 bits per heavy atom. The lowest BCUT2D eigenvalue weighted by Crippen LogP contribution is -2.29. The molecular weight excluding hydrogens is 542 g/mol. The molecule has 0 aliphatic heterocycles. The van der Waals surface area contributed by atoms with Gasteiger partial charge in [0, 0.05) is 12.6 Å². The van der Waals surface area contributed by atoms with Gasteiger partial charge in [0.15, 0.2) is 11.5 Å². The van der Waals surface area contributed by atoms with Crippen molar-refractivity contribution in [1.82, 2.24) is 0 Å². The predicted octanol–water partition coefficient (Wildman–Crippen LogP) is 3.89. The van der Waals surface area contributed by atoms with Gasteiger partial charge in [0.05, 0.1) is 39.3 Å². The zero-order valence-electron chi connectivity index (χ0n) is 20.9. The Morgan fingerprint density at radius 1 is 0.585 bits per heavy atom. The molecule has 1 amide bonds. The first-order valence-electron chi connectivity index (χ1n) is 11.2. The minimum Gasteiger partial charge on any atom is -0.478 e. The minimum atomic E-state index is -1.42. The Morgan fingerprint density at radius 2 is 1.02 bits per heavy atom. The normalized spacial score (nSPS) is 11.1. The second kappa shape index (κ2) is 12.5. The van der Waals surface area contributed by atoms with E-state index in [0.29, 0.717) is 5.69 Å². The molecule has 15 nitrogen and oxygen atoms in total. The van der Waals surface area contributed by atoms with Crippen LogP contribution in [-0.2, 0) is 9.59 Å². The van der Waals surface area contributed by atoms with Crippen molar-refractivity contribution in [3.05, 3.63) is 82.9 Å². The molecule has 0 aliphatic carbocycles. The smallest absolute Gasteiger partial charge is 0.335 e. The summed E-state index contributed by atoms with van der Waals surface area (Å²) in [4.78, 5) is 69.7. The van der Waals surface area contributed by atoms with Crippen LogP contribution in [0.1, 0.15) is 48.4 Å². The van der Waals surface area contributed by atoms with E-state index in [1.165, 1.54) is 24.3 Å². The molecule has 0 saturated heterocycles. The van der Waals surface area contributed by atoms with Gasteiger partial charge in [-0.3, -0.25) is 15.0 Å². The predicted molar refractivity (Wildman–Crippen MR) is 142 cm³/mol. The highest BCUT2D eigenvalue weighted by Gasteiger charge is 2.19. The van der Waals surface area contributed by atoms with Gasteiger partial charge in [0.1, 0.15) is 0 Å². The number of carbonyl (C=O) groups excluding carboxylic acids is 2. The number of benzene rings is 3. The fourth-order valence-electron chi connectivity index (χ4n) is 3.18. The SMILES string of the molecule is CC(=O)/C(=N\Nc1ccc(N=Nc2cc(C(=O)O)cc(C(=O)O)c2)cc1)C(=O)Nc1cc(C(=O)O)cc(C(=O)O)c1. The lowest BCUT2D eigenvalue weighted by atomic mass is 10.1. The number of hydrogen-bond acceptors (Lipinski definition) is 10. The van der Waals surface area contributed by atoms with E-state index in [1.54, 1.807) is 0 Å². The molecule has 208 valence electrons. The fraction of sp³-hybridized carbons (Fsp3) is 0.0385. The third kappa shape index (κ3) is 7.87. The van der Waals surface area contributed by atoms with E-state index in [2.05, 4.69) is 26.1 Å². The first kappa shape index (κ1) is 29.3. The van der Waals surface area contributed by atoms with Crippen LogP contribution in [-0.4, -0.2) is 61.7 Å². The lowest BCUT2D eigenvalue weighted by molar-refractivity contribution is -0.114. The molecule has 0 fully saturated rings. The summed E-state index contributed by atoms with van der Waals surface area (Å²) in [6.07, 6.45) is 0. The van der Waals surface area contributed by atoms with Crippen molar-refractivity contribution in [3.63, 3.8) is 0 Å². The topological polar surface area (TPSA) is 244 Å². The number of carbonyl (C=O) groups is 6. The van der Waals surface area contributed by atoms with E-state index in [-0.39, 0.29) is 28.2 Å². The molecule has 0 bridgehead atoms. The molecule has 3 aromatic rings. The largest absolute Gasteiger partial charge is 0.478 e. The van der Waals surface area contributed by atoms with Crippen molar-refractivity contribution in [3.8, 4) is 0 Å². The number of rotatable bonds is 11. The van der Waals surface area contributed by atoms with Crippen LogP contribution >= 0.6 is 0 Å². The van der Waals surface area contributed by atoms with Crippen LogP contribution in [0.4, 0.5) is 22.7 Å². The average Bonchev–Trinajstić information content (AvgIpc) is 2.92. The van der Waals surface area contributed by atoms with Crippen molar-refractivity contribution >= 4 is 64.0 Å². The van der Waals surface area contributed by atoms with Crippen LogP contribution in [0, 0.1) is 0 Å². The Labute approximate surface area is 229 Å². The monoisotopic (exact) mass is 561 g/mol. The van der Waals surface area contributed by atoms with Crippen LogP contribution in [0.25, 0.3) is 0 Å². The van der Waals surface area contributed by atoms with Gasteiger partial charge in [-0.15, -0.1) is 0 Å². The molecule has 0 saturated carbocycles. The summed E-state index contributed by atoms with van der Waals surface area (Å²) >= 11 is 0. The van der Waals surface area contributed by atoms with E-state index < -0.39 is 52.4 Å². The molecule has 15 heteroatoms. The number of ketones is 1. The number of anilines is 2. The standard InChI is InChI=1S/C26H19N5O10/c1-12(32)21(22(33)27-19-8-13(23(34)35)6-14(9-19)24(36)37)31-29-18-4-2-17(3-5-18)28-30-20-10-15(25(38)39)7-16(11-20)26(40)41/h2-11,29H,1H3,(H,27,33)(H,34,35)(H,36,37)(H,38,39)(H,40,41)/b30-28?,31-21+. The van der Waals surface area contributed by atoms with Gasteiger partial charge in [-0.1, -0.05) is 0 Å². The number of aromatic carboxylic acids is 4. The molecule has 0 aliphatic rings. The molecule has 0 radical (unpaired) electrons. The zero-order valence-corrected chi connectivity index (χ0v) is 20.9. The molecule has 6 N–H and O–H groups in total. The summed E-state index contributed by atoms with van der Waals surface area (Å²) in [7, 11) is 0. The van der Waals surface area contributed by atoms with Crippen LogP contribution < -0.4 is 10.7 Å². The van der Waals surface area contributed by atoms with Crippen LogP contribution in [0.2, 0.25) is 0 Å². The zero-order chi connectivity index (χ0) is 30.3. The highest BCUT2D eigenvalue weighted by atomic mass is 16.4. The summed E-state index contributed by atoms with van der Waals surface area (Å²) in [5.74, 6) is -7.30. The van der Waals surface area contributed by atoms with Crippen molar-refractivity contribution in [2.75, 3.05) is 10.7 Å². The summed E-state index contributed by atoms with van der Waals surface area (Å²) in [5, 5.41) is 50.5. The maximum absolute atomic E-state index is 12.6.